The highest BCUT2D eigenvalue weighted by Crippen LogP contribution is 2.15. The summed E-state index contributed by atoms with van der Waals surface area (Å²) in [5.41, 5.74) is 8.22. The predicted molar refractivity (Wildman–Crippen MR) is 59.3 cm³/mol. The highest BCUT2D eigenvalue weighted by molar-refractivity contribution is 5.73. The Balaban J connectivity index is 2.72. The fourth-order valence-electron chi connectivity index (χ4n) is 1.98. The first kappa shape index (κ1) is 9.98. The minimum absolute atomic E-state index is 0.104. The summed E-state index contributed by atoms with van der Waals surface area (Å²) >= 11 is 0. The molecule has 1 aromatic carbocycles. The molecule has 3 N–H and O–H groups in total. The summed E-state index contributed by atoms with van der Waals surface area (Å²) in [4.78, 5) is 0. The Hall–Kier alpha value is -1.55. The minimum atomic E-state index is 0.104. The van der Waals surface area contributed by atoms with E-state index in [0.717, 1.165) is 17.6 Å². The van der Waals surface area contributed by atoms with E-state index in [1.165, 1.54) is 0 Å². The molecule has 0 fully saturated rings. The fraction of sp³-hybridized carbons (Fsp3) is 0.364. The highest BCUT2D eigenvalue weighted by atomic mass is 16.3. The Morgan fingerprint density at radius 1 is 1.40 bits per heavy atom. The molecule has 1 aromatic heterocycles. The molecular weight excluding hydrogens is 190 g/mol. The van der Waals surface area contributed by atoms with E-state index in [9.17, 15) is 0 Å². The van der Waals surface area contributed by atoms with Crippen molar-refractivity contribution in [3.05, 3.63) is 24.3 Å². The van der Waals surface area contributed by atoms with Crippen LogP contribution < -0.4 is 10.3 Å². The van der Waals surface area contributed by atoms with Crippen molar-refractivity contribution in [1.82, 2.24) is 4.57 Å². The van der Waals surface area contributed by atoms with Gasteiger partial charge in [0.25, 0.3) is 0 Å². The van der Waals surface area contributed by atoms with Gasteiger partial charge in [-0.2, -0.15) is 0 Å². The second-order valence-electron chi connectivity index (χ2n) is 3.47. The Bertz CT molecular complexity index is 476. The molecule has 0 amide bonds. The van der Waals surface area contributed by atoms with Crippen molar-refractivity contribution in [2.24, 2.45) is 0 Å². The molecule has 80 valence electrons. The Morgan fingerprint density at radius 2 is 2.13 bits per heavy atom. The van der Waals surface area contributed by atoms with Crippen molar-refractivity contribution in [3.63, 3.8) is 0 Å². The van der Waals surface area contributed by atoms with E-state index in [0.29, 0.717) is 12.5 Å². The van der Waals surface area contributed by atoms with Gasteiger partial charge in [0.2, 0.25) is 0 Å². The first-order chi connectivity index (χ1) is 7.29. The molecule has 0 aliphatic carbocycles. The van der Waals surface area contributed by atoms with Crippen LogP contribution in [0.2, 0.25) is 0 Å². The molecule has 2 rings (SSSR count). The van der Waals surface area contributed by atoms with Crippen molar-refractivity contribution >= 4 is 17.0 Å². The molecule has 1 heterocycles. The van der Waals surface area contributed by atoms with Gasteiger partial charge in [-0.05, 0) is 19.1 Å². The van der Waals surface area contributed by atoms with Crippen LogP contribution in [0.25, 0.3) is 11.0 Å². The molecule has 4 nitrogen and oxygen atoms in total. The molecule has 0 aliphatic heterocycles. The number of nitrogen functional groups attached to an aromatic ring is 1. The monoisotopic (exact) mass is 206 g/mol. The predicted octanol–water partition coefficient (Wildman–Crippen LogP) is 0.523. The third kappa shape index (κ3) is 1.47. The van der Waals surface area contributed by atoms with E-state index in [1.807, 2.05) is 33.4 Å². The molecule has 2 aromatic rings. The van der Waals surface area contributed by atoms with Gasteiger partial charge < -0.3 is 5.11 Å². The first-order valence-electron chi connectivity index (χ1n) is 5.17. The summed E-state index contributed by atoms with van der Waals surface area (Å²) in [6.45, 7) is 3.54. The van der Waals surface area contributed by atoms with Crippen LogP contribution in [0.5, 0.6) is 0 Å². The lowest BCUT2D eigenvalue weighted by Gasteiger charge is -1.97. The normalized spacial score (nSPS) is 11.1. The van der Waals surface area contributed by atoms with Gasteiger partial charge in [0.15, 0.2) is 0 Å². The minimum Gasteiger partial charge on any atom is -0.393 e. The maximum absolute atomic E-state index is 9.00. The van der Waals surface area contributed by atoms with Crippen LogP contribution in [0.4, 0.5) is 5.95 Å². The lowest BCUT2D eigenvalue weighted by molar-refractivity contribution is -0.658. The maximum atomic E-state index is 9.00. The van der Waals surface area contributed by atoms with E-state index < -0.39 is 0 Å². The molecule has 0 unspecified atom stereocenters. The number of imidazole rings is 1. The van der Waals surface area contributed by atoms with Crippen molar-refractivity contribution in [2.45, 2.75) is 20.0 Å². The molecule has 0 spiro atoms. The maximum Gasteiger partial charge on any atom is 0.356 e. The van der Waals surface area contributed by atoms with E-state index in [4.69, 9.17) is 10.8 Å². The van der Waals surface area contributed by atoms with Gasteiger partial charge in [-0.25, -0.2) is 9.13 Å². The summed E-state index contributed by atoms with van der Waals surface area (Å²) in [6.07, 6.45) is 0. The standard InChI is InChI=1S/C11H15N3O/c1-2-13-9-5-3-4-6-10(9)14(7-8-15)11(13)12/h3-6,12,15H,2,7-8H2,1H3/p+1. The Kier molecular flexibility index (Phi) is 2.60. The quantitative estimate of drug-likeness (QED) is 0.719. The van der Waals surface area contributed by atoms with Crippen LogP contribution in [0.15, 0.2) is 24.3 Å². The van der Waals surface area contributed by atoms with E-state index in [-0.39, 0.29) is 6.61 Å². The smallest absolute Gasteiger partial charge is 0.356 e. The highest BCUT2D eigenvalue weighted by Gasteiger charge is 2.18. The summed E-state index contributed by atoms with van der Waals surface area (Å²) in [5, 5.41) is 9.00. The number of aromatic nitrogens is 2. The van der Waals surface area contributed by atoms with Gasteiger partial charge in [0.05, 0.1) is 19.7 Å². The van der Waals surface area contributed by atoms with Crippen molar-refractivity contribution in [3.8, 4) is 0 Å². The van der Waals surface area contributed by atoms with Gasteiger partial charge in [-0.15, -0.1) is 0 Å². The largest absolute Gasteiger partial charge is 0.393 e. The van der Waals surface area contributed by atoms with Gasteiger partial charge >= 0.3 is 5.95 Å². The Labute approximate surface area is 88.6 Å². The summed E-state index contributed by atoms with van der Waals surface area (Å²) in [5.74, 6) is 0.702. The number of anilines is 1. The number of benzene rings is 1. The van der Waals surface area contributed by atoms with Crippen molar-refractivity contribution < 1.29 is 9.67 Å². The van der Waals surface area contributed by atoms with Crippen LogP contribution in [-0.4, -0.2) is 16.3 Å². The number of aliphatic hydroxyl groups excluding tert-OH is 1. The molecule has 0 bridgehead atoms. The number of hydrogen-bond acceptors (Lipinski definition) is 2. The second kappa shape index (κ2) is 3.90. The lowest BCUT2D eigenvalue weighted by atomic mass is 10.3. The van der Waals surface area contributed by atoms with E-state index in [1.54, 1.807) is 0 Å². The molecular formula is C11H16N3O+. The Morgan fingerprint density at radius 3 is 2.80 bits per heavy atom. The van der Waals surface area contributed by atoms with Crippen LogP contribution >= 0.6 is 0 Å². The summed E-state index contributed by atoms with van der Waals surface area (Å²) in [7, 11) is 0. The third-order valence-electron chi connectivity index (χ3n) is 2.66. The number of nitrogens with zero attached hydrogens (tertiary/aromatic N) is 2. The molecule has 4 heteroatoms. The summed E-state index contributed by atoms with van der Waals surface area (Å²) < 4.78 is 3.99. The molecule has 0 saturated heterocycles. The average molecular weight is 206 g/mol. The van der Waals surface area contributed by atoms with Crippen LogP contribution in [0.1, 0.15) is 6.92 Å². The number of aryl methyl sites for hydroxylation is 1. The number of nitrogens with two attached hydrogens (primary N) is 1. The third-order valence-corrected chi connectivity index (χ3v) is 2.66. The van der Waals surface area contributed by atoms with Crippen molar-refractivity contribution in [2.75, 3.05) is 12.3 Å². The number of hydrogen-bond donors (Lipinski definition) is 2. The molecule has 0 atom stereocenters. The number of aliphatic hydroxyl groups is 1. The lowest BCUT2D eigenvalue weighted by Crippen LogP contribution is -2.38. The molecule has 0 aliphatic rings. The summed E-state index contributed by atoms with van der Waals surface area (Å²) in [6, 6.07) is 8.05. The van der Waals surface area contributed by atoms with E-state index >= 15 is 0 Å². The molecule has 15 heavy (non-hydrogen) atoms. The first-order valence-corrected chi connectivity index (χ1v) is 5.17. The average Bonchev–Trinajstić information content (AvgIpc) is 2.53. The van der Waals surface area contributed by atoms with Gasteiger partial charge in [-0.1, -0.05) is 12.1 Å². The zero-order valence-electron chi connectivity index (χ0n) is 8.85. The zero-order chi connectivity index (χ0) is 10.8. The number of fused-ring (bicyclic) bond motifs is 1. The van der Waals surface area contributed by atoms with Crippen LogP contribution in [-0.2, 0) is 13.1 Å². The van der Waals surface area contributed by atoms with Gasteiger partial charge in [-0.3, -0.25) is 5.73 Å². The van der Waals surface area contributed by atoms with Crippen LogP contribution in [0, 0.1) is 0 Å². The zero-order valence-corrected chi connectivity index (χ0v) is 8.85. The van der Waals surface area contributed by atoms with Gasteiger partial charge in [0.1, 0.15) is 11.0 Å². The SMILES string of the molecule is CCn1c(N)[n+](CCO)c2ccccc21. The molecule has 0 radical (unpaired) electrons. The topological polar surface area (TPSA) is 55.1 Å². The number of rotatable bonds is 3. The van der Waals surface area contributed by atoms with Gasteiger partial charge in [0, 0.05) is 0 Å². The van der Waals surface area contributed by atoms with Crippen molar-refractivity contribution in [1.29, 1.82) is 0 Å². The second-order valence-corrected chi connectivity index (χ2v) is 3.47. The number of para-hydroxylation sites is 2. The molecule has 0 saturated carbocycles. The van der Waals surface area contributed by atoms with E-state index in [2.05, 4.69) is 6.92 Å². The van der Waals surface area contributed by atoms with Crippen LogP contribution in [0.3, 0.4) is 0 Å². The fourth-order valence-corrected chi connectivity index (χ4v) is 1.98.